The molecule has 0 spiro atoms. The van der Waals surface area contributed by atoms with Crippen molar-refractivity contribution in [2.24, 2.45) is 5.41 Å². The number of carbonyl (C=O) groups excluding carboxylic acids is 1. The van der Waals surface area contributed by atoms with E-state index >= 15 is 0 Å². The molecule has 4 aliphatic rings. The standard InChI is InChI=1S/C50H63N9O8S2/c1-33-27-57(28-34(2)55(33)5)29-35-20-47(68-32-35)43-24-50(3,4)12-10-37(43)30-56-14-16-58(17-15-56)38-6-8-42(46(22-38)67-39-21-36-11-13-51-48(36)53-25-39)49(60)54-69(63,64)41-7-9-44(45(23-41)59(61)62)52-26-40-31-65-18-19-66-40/h6-9,11,13,20-23,25,32-34,40,52H,10,12,14-19,24,26-31H2,1-5H3,(H,51,53)(H,54,60)/t33-,34+,40-/m0/s1. The van der Waals surface area contributed by atoms with Crippen LogP contribution in [0.25, 0.3) is 16.6 Å². The Kier molecular flexibility index (Phi) is 14.4. The van der Waals surface area contributed by atoms with Crippen LogP contribution in [0, 0.1) is 15.5 Å². The van der Waals surface area contributed by atoms with Crippen LogP contribution in [0.2, 0.25) is 0 Å². The second kappa shape index (κ2) is 20.5. The predicted octanol–water partition coefficient (Wildman–Crippen LogP) is 7.58. The van der Waals surface area contributed by atoms with E-state index in [0.29, 0.717) is 43.3 Å². The summed E-state index contributed by atoms with van der Waals surface area (Å²) in [4.78, 5) is 43.8. The molecular weight excluding hydrogens is 919 g/mol. The molecule has 3 saturated heterocycles. The maximum atomic E-state index is 14.0. The molecular formula is C50H63N9O8S2. The van der Waals surface area contributed by atoms with Gasteiger partial charge in [0.25, 0.3) is 21.6 Å². The number of rotatable bonds is 15. The number of sulfonamides is 1. The summed E-state index contributed by atoms with van der Waals surface area (Å²) in [5.74, 6) is -0.478. The number of nitro groups is 1. The van der Waals surface area contributed by atoms with E-state index in [4.69, 9.17) is 14.2 Å². The number of hydrogen-bond acceptors (Lipinski definition) is 15. The molecule has 1 amide bonds. The first-order chi connectivity index (χ1) is 33.1. The van der Waals surface area contributed by atoms with Crippen molar-refractivity contribution < 1.29 is 32.3 Å². The third kappa shape index (κ3) is 11.5. The third-order valence-corrected chi connectivity index (χ3v) is 16.4. The van der Waals surface area contributed by atoms with Crippen LogP contribution in [-0.2, 0) is 26.0 Å². The van der Waals surface area contributed by atoms with Gasteiger partial charge in [-0.2, -0.15) is 0 Å². The number of carbonyl (C=O) groups is 1. The molecule has 0 unspecified atom stereocenters. The first kappa shape index (κ1) is 48.6. The fourth-order valence-corrected chi connectivity index (χ4v) is 11.9. The van der Waals surface area contributed by atoms with Crippen molar-refractivity contribution in [3.63, 3.8) is 0 Å². The number of allylic oxidation sites excluding steroid dienone is 1. The number of nitrogens with one attached hydrogen (secondary N) is 3. The van der Waals surface area contributed by atoms with Crippen LogP contribution in [0.4, 0.5) is 17.1 Å². The fourth-order valence-electron chi connectivity index (χ4n) is 9.90. The molecule has 1 aliphatic carbocycles. The van der Waals surface area contributed by atoms with Crippen molar-refractivity contribution in [3.8, 4) is 11.5 Å². The maximum Gasteiger partial charge on any atom is 0.293 e. The average molecular weight is 982 g/mol. The molecule has 3 atom stereocenters. The molecule has 2 aromatic carbocycles. The van der Waals surface area contributed by atoms with Crippen LogP contribution in [-0.4, -0.2) is 141 Å². The molecule has 0 bridgehead atoms. The highest BCUT2D eigenvalue weighted by atomic mass is 32.2. The van der Waals surface area contributed by atoms with Gasteiger partial charge in [0.15, 0.2) is 0 Å². The molecule has 6 heterocycles. The summed E-state index contributed by atoms with van der Waals surface area (Å²) in [6, 6.07) is 15.7. The van der Waals surface area contributed by atoms with Crippen molar-refractivity contribution in [2.45, 2.75) is 76.6 Å². The summed E-state index contributed by atoms with van der Waals surface area (Å²) in [5.41, 5.74) is 5.77. The van der Waals surface area contributed by atoms with Crippen molar-refractivity contribution in [1.82, 2.24) is 29.4 Å². The molecule has 5 aromatic rings. The second-order valence-corrected chi connectivity index (χ2v) is 22.3. The van der Waals surface area contributed by atoms with E-state index in [1.807, 2.05) is 17.4 Å². The number of nitro benzene ring substituents is 1. The molecule has 3 fully saturated rings. The van der Waals surface area contributed by atoms with E-state index in [0.717, 1.165) is 88.8 Å². The minimum Gasteiger partial charge on any atom is -0.455 e. The smallest absolute Gasteiger partial charge is 0.293 e. The van der Waals surface area contributed by atoms with Gasteiger partial charge in [-0.25, -0.2) is 18.1 Å². The summed E-state index contributed by atoms with van der Waals surface area (Å²) in [6.07, 6.45) is 6.29. The van der Waals surface area contributed by atoms with Gasteiger partial charge in [-0.05, 0) is 105 Å². The highest BCUT2D eigenvalue weighted by Gasteiger charge is 2.32. The number of aromatic amines is 1. The van der Waals surface area contributed by atoms with Crippen LogP contribution in [0.5, 0.6) is 11.5 Å². The Morgan fingerprint density at radius 3 is 2.57 bits per heavy atom. The van der Waals surface area contributed by atoms with Gasteiger partial charge in [-0.3, -0.25) is 29.6 Å². The number of thiophene rings is 1. The lowest BCUT2D eigenvalue weighted by atomic mass is 9.73. The quantitative estimate of drug-likeness (QED) is 0.0688. The Balaban J connectivity index is 0.901. The van der Waals surface area contributed by atoms with Gasteiger partial charge in [0.05, 0.1) is 47.5 Å². The summed E-state index contributed by atoms with van der Waals surface area (Å²) < 4.78 is 47.0. The Labute approximate surface area is 408 Å². The lowest BCUT2D eigenvalue weighted by Gasteiger charge is -2.42. The number of likely N-dealkylation sites (N-methyl/N-ethyl adjacent to an activating group) is 1. The van der Waals surface area contributed by atoms with E-state index in [1.165, 1.54) is 39.9 Å². The van der Waals surface area contributed by atoms with Gasteiger partial charge in [0.2, 0.25) is 0 Å². The number of aromatic nitrogens is 2. The number of H-pyrrole nitrogens is 1. The van der Waals surface area contributed by atoms with E-state index in [-0.39, 0.29) is 35.1 Å². The number of piperazine rings is 2. The highest BCUT2D eigenvalue weighted by Crippen LogP contribution is 2.45. The van der Waals surface area contributed by atoms with Gasteiger partial charge in [-0.1, -0.05) is 19.4 Å². The monoisotopic (exact) mass is 981 g/mol. The van der Waals surface area contributed by atoms with Crippen molar-refractivity contribution in [3.05, 3.63) is 104 Å². The molecule has 3 aromatic heterocycles. The molecule has 19 heteroatoms. The fraction of sp³-hybridized carbons (Fsp3) is 0.480. The molecule has 368 valence electrons. The van der Waals surface area contributed by atoms with Gasteiger partial charge in [-0.15, -0.1) is 11.3 Å². The van der Waals surface area contributed by atoms with Crippen molar-refractivity contribution in [1.29, 1.82) is 0 Å². The number of ether oxygens (including phenoxy) is 3. The summed E-state index contributed by atoms with van der Waals surface area (Å²) in [7, 11) is -2.35. The highest BCUT2D eigenvalue weighted by molar-refractivity contribution is 7.90. The minimum absolute atomic E-state index is 0.0401. The van der Waals surface area contributed by atoms with Gasteiger partial charge < -0.3 is 29.4 Å². The topological polar surface area (TPSA) is 188 Å². The molecule has 3 N–H and O–H groups in total. The first-order valence-corrected chi connectivity index (χ1v) is 26.2. The molecule has 69 heavy (non-hydrogen) atoms. The first-order valence-electron chi connectivity index (χ1n) is 23.8. The number of pyridine rings is 1. The zero-order chi connectivity index (χ0) is 48.5. The summed E-state index contributed by atoms with van der Waals surface area (Å²) in [6.45, 7) is 18.1. The Morgan fingerprint density at radius 2 is 1.81 bits per heavy atom. The van der Waals surface area contributed by atoms with Crippen LogP contribution in [0.15, 0.2) is 82.8 Å². The number of nitrogens with zero attached hydrogens (tertiary/aromatic N) is 6. The maximum absolute atomic E-state index is 14.0. The molecule has 0 saturated carbocycles. The van der Waals surface area contributed by atoms with E-state index in [1.54, 1.807) is 30.5 Å². The normalized spacial score (nSPS) is 21.9. The number of hydrogen-bond donors (Lipinski definition) is 3. The Morgan fingerprint density at radius 1 is 1.01 bits per heavy atom. The van der Waals surface area contributed by atoms with E-state index in [9.17, 15) is 23.3 Å². The Bertz CT molecular complexity index is 2800. The van der Waals surface area contributed by atoms with Gasteiger partial charge in [0.1, 0.15) is 22.8 Å². The van der Waals surface area contributed by atoms with Gasteiger partial charge in [0, 0.05) is 105 Å². The van der Waals surface area contributed by atoms with Crippen LogP contribution >= 0.6 is 11.3 Å². The molecule has 0 radical (unpaired) electrons. The van der Waals surface area contributed by atoms with Gasteiger partial charge >= 0.3 is 0 Å². The molecule has 3 aliphatic heterocycles. The lowest BCUT2D eigenvalue weighted by molar-refractivity contribution is -0.384. The van der Waals surface area contributed by atoms with E-state index in [2.05, 4.69) is 85.8 Å². The minimum atomic E-state index is -4.59. The van der Waals surface area contributed by atoms with E-state index < -0.39 is 31.4 Å². The number of fused-ring (bicyclic) bond motifs is 1. The average Bonchev–Trinajstić information content (AvgIpc) is 4.00. The summed E-state index contributed by atoms with van der Waals surface area (Å²) >= 11 is 1.89. The lowest BCUT2D eigenvalue weighted by Crippen LogP contribution is -2.54. The second-order valence-electron chi connectivity index (χ2n) is 19.8. The predicted molar refractivity (Wildman–Crippen MR) is 269 cm³/mol. The van der Waals surface area contributed by atoms with Crippen LogP contribution in [0.1, 0.15) is 67.8 Å². The third-order valence-electron chi connectivity index (χ3n) is 14.1. The largest absolute Gasteiger partial charge is 0.455 e. The van der Waals surface area contributed by atoms with Crippen molar-refractivity contribution in [2.75, 3.05) is 89.4 Å². The van der Waals surface area contributed by atoms with Crippen molar-refractivity contribution >= 4 is 60.9 Å². The van der Waals surface area contributed by atoms with Crippen LogP contribution < -0.4 is 19.7 Å². The zero-order valence-electron chi connectivity index (χ0n) is 40.0. The number of anilines is 2. The summed E-state index contributed by atoms with van der Waals surface area (Å²) in [5, 5.41) is 18.2. The Hall–Kier alpha value is -5.41. The van der Waals surface area contributed by atoms with Crippen LogP contribution in [0.3, 0.4) is 0 Å². The molecule has 17 nitrogen and oxygen atoms in total. The zero-order valence-corrected chi connectivity index (χ0v) is 41.7. The number of benzene rings is 2. The molecule has 9 rings (SSSR count). The SMILES string of the molecule is C[C@@H]1CN(Cc2csc(C3=C(CN4CCN(c5ccc(C(=O)NS(=O)(=O)c6ccc(NC[C@H]7COCCO7)c([N+](=O)[O-])c6)c(Oc6cnc7[nH]ccc7c6)c5)CC4)CCC(C)(C)C3)c2)C[C@H](C)N1C. The number of amides is 1.